The average Bonchev–Trinajstić information content (AvgIpc) is 2.06. The third kappa shape index (κ3) is 3.14. The lowest BCUT2D eigenvalue weighted by Gasteiger charge is -2.21. The van der Waals surface area contributed by atoms with E-state index >= 15 is 0 Å². The zero-order valence-electron chi connectivity index (χ0n) is 8.06. The Bertz CT molecular complexity index is 268. The van der Waals surface area contributed by atoms with Gasteiger partial charge in [-0.25, -0.2) is 0 Å². The number of ether oxygens (including phenoxy) is 1. The summed E-state index contributed by atoms with van der Waals surface area (Å²) >= 11 is 0. The van der Waals surface area contributed by atoms with Crippen LogP contribution in [0, 0.1) is 0 Å². The van der Waals surface area contributed by atoms with Crippen molar-refractivity contribution in [1.29, 1.82) is 0 Å². The van der Waals surface area contributed by atoms with Crippen LogP contribution in [0.3, 0.4) is 0 Å². The SMILES string of the molecule is CC1=C(C)C(OCC(F)(F)F)CC=N1. The molecule has 1 aliphatic rings. The third-order valence-electron chi connectivity index (χ3n) is 2.11. The molecule has 1 rings (SSSR count). The Labute approximate surface area is 80.5 Å². The number of halogens is 3. The molecule has 0 amide bonds. The van der Waals surface area contributed by atoms with Crippen molar-refractivity contribution in [2.24, 2.45) is 4.99 Å². The second-order valence-electron chi connectivity index (χ2n) is 3.23. The van der Waals surface area contributed by atoms with E-state index < -0.39 is 18.9 Å². The topological polar surface area (TPSA) is 21.6 Å². The molecule has 2 nitrogen and oxygen atoms in total. The van der Waals surface area contributed by atoms with E-state index in [1.807, 2.05) is 0 Å². The molecule has 80 valence electrons. The van der Waals surface area contributed by atoms with Crippen LogP contribution >= 0.6 is 0 Å². The highest BCUT2D eigenvalue weighted by atomic mass is 19.4. The molecule has 5 heteroatoms. The molecule has 0 aromatic heterocycles. The van der Waals surface area contributed by atoms with Crippen LogP contribution in [-0.4, -0.2) is 25.1 Å². The van der Waals surface area contributed by atoms with E-state index in [0.717, 1.165) is 11.3 Å². The lowest BCUT2D eigenvalue weighted by Crippen LogP contribution is -2.26. The van der Waals surface area contributed by atoms with E-state index in [1.165, 1.54) is 0 Å². The molecule has 1 atom stereocenters. The number of hydrogen-bond donors (Lipinski definition) is 0. The monoisotopic (exact) mass is 207 g/mol. The number of hydrogen-bond acceptors (Lipinski definition) is 2. The van der Waals surface area contributed by atoms with Crippen LogP contribution in [0.5, 0.6) is 0 Å². The normalized spacial score (nSPS) is 23.1. The Morgan fingerprint density at radius 3 is 2.71 bits per heavy atom. The highest BCUT2D eigenvalue weighted by Crippen LogP contribution is 2.22. The fourth-order valence-corrected chi connectivity index (χ4v) is 1.19. The van der Waals surface area contributed by atoms with Crippen molar-refractivity contribution in [3.63, 3.8) is 0 Å². The van der Waals surface area contributed by atoms with Crippen LogP contribution in [0.2, 0.25) is 0 Å². The van der Waals surface area contributed by atoms with Gasteiger partial charge in [-0.2, -0.15) is 13.2 Å². The molecule has 1 unspecified atom stereocenters. The lowest BCUT2D eigenvalue weighted by atomic mass is 10.1. The van der Waals surface area contributed by atoms with Gasteiger partial charge in [0.25, 0.3) is 0 Å². The number of alkyl halides is 3. The largest absolute Gasteiger partial charge is 0.411 e. The van der Waals surface area contributed by atoms with Crippen molar-refractivity contribution in [2.75, 3.05) is 6.61 Å². The molecule has 0 fully saturated rings. The number of aliphatic imine (C=N–C) groups is 1. The Morgan fingerprint density at radius 2 is 2.14 bits per heavy atom. The summed E-state index contributed by atoms with van der Waals surface area (Å²) in [6.07, 6.45) is -2.74. The minimum atomic E-state index is -4.26. The van der Waals surface area contributed by atoms with Gasteiger partial charge in [0.05, 0.1) is 6.10 Å². The fourth-order valence-electron chi connectivity index (χ4n) is 1.19. The zero-order chi connectivity index (χ0) is 10.8. The minimum Gasteiger partial charge on any atom is -0.364 e. The minimum absolute atomic E-state index is 0.416. The molecule has 0 radical (unpaired) electrons. The van der Waals surface area contributed by atoms with Crippen LogP contribution in [0.25, 0.3) is 0 Å². The standard InChI is InChI=1S/C9H12F3NO/c1-6-7(2)13-4-3-8(6)14-5-9(10,11)12/h4,8H,3,5H2,1-2H3. The van der Waals surface area contributed by atoms with Crippen LogP contribution in [0.1, 0.15) is 20.3 Å². The van der Waals surface area contributed by atoms with Crippen molar-refractivity contribution < 1.29 is 17.9 Å². The van der Waals surface area contributed by atoms with E-state index in [4.69, 9.17) is 4.74 Å². The molecule has 1 heterocycles. The van der Waals surface area contributed by atoms with Gasteiger partial charge in [0, 0.05) is 18.3 Å². The van der Waals surface area contributed by atoms with Gasteiger partial charge >= 0.3 is 6.18 Å². The summed E-state index contributed by atoms with van der Waals surface area (Å²) in [6.45, 7) is 2.30. The van der Waals surface area contributed by atoms with E-state index in [1.54, 1.807) is 20.1 Å². The number of nitrogens with zero attached hydrogens (tertiary/aromatic N) is 1. The van der Waals surface area contributed by atoms with Gasteiger partial charge in [-0.05, 0) is 19.4 Å². The van der Waals surface area contributed by atoms with Crippen LogP contribution in [0.4, 0.5) is 13.2 Å². The Kier molecular flexibility index (Phi) is 3.31. The maximum absolute atomic E-state index is 11.9. The molecular formula is C9H12F3NO. The summed E-state index contributed by atoms with van der Waals surface area (Å²) in [7, 11) is 0. The summed E-state index contributed by atoms with van der Waals surface area (Å²) in [5.41, 5.74) is 1.51. The van der Waals surface area contributed by atoms with E-state index in [9.17, 15) is 13.2 Å². The first-order valence-electron chi connectivity index (χ1n) is 4.28. The maximum Gasteiger partial charge on any atom is 0.411 e. The van der Waals surface area contributed by atoms with Crippen LogP contribution in [-0.2, 0) is 4.74 Å². The smallest absolute Gasteiger partial charge is 0.364 e. The third-order valence-corrected chi connectivity index (χ3v) is 2.11. The zero-order valence-corrected chi connectivity index (χ0v) is 8.06. The first kappa shape index (κ1) is 11.2. The van der Waals surface area contributed by atoms with Gasteiger partial charge in [-0.1, -0.05) is 0 Å². The molecule has 0 saturated heterocycles. The fraction of sp³-hybridized carbons (Fsp3) is 0.667. The van der Waals surface area contributed by atoms with Crippen LogP contribution < -0.4 is 0 Å². The average molecular weight is 207 g/mol. The molecule has 0 bridgehead atoms. The molecule has 0 aromatic carbocycles. The highest BCUT2D eigenvalue weighted by Gasteiger charge is 2.30. The van der Waals surface area contributed by atoms with Crippen LogP contribution in [0.15, 0.2) is 16.3 Å². The predicted molar refractivity (Wildman–Crippen MR) is 47.3 cm³/mol. The van der Waals surface area contributed by atoms with Gasteiger partial charge in [0.15, 0.2) is 0 Å². The van der Waals surface area contributed by atoms with Crippen molar-refractivity contribution >= 4 is 6.21 Å². The number of allylic oxidation sites excluding steroid dienone is 1. The highest BCUT2D eigenvalue weighted by molar-refractivity contribution is 5.62. The van der Waals surface area contributed by atoms with E-state index in [0.29, 0.717) is 6.42 Å². The summed E-state index contributed by atoms with van der Waals surface area (Å²) in [4.78, 5) is 4.00. The summed E-state index contributed by atoms with van der Waals surface area (Å²) in [5, 5.41) is 0. The van der Waals surface area contributed by atoms with Crippen molar-refractivity contribution in [3.8, 4) is 0 Å². The second kappa shape index (κ2) is 4.13. The Hall–Kier alpha value is -0.840. The van der Waals surface area contributed by atoms with Crippen molar-refractivity contribution in [1.82, 2.24) is 0 Å². The van der Waals surface area contributed by atoms with E-state index in [2.05, 4.69) is 4.99 Å². The van der Waals surface area contributed by atoms with Gasteiger partial charge in [0.1, 0.15) is 6.61 Å². The van der Waals surface area contributed by atoms with Gasteiger partial charge in [-0.3, -0.25) is 4.99 Å². The van der Waals surface area contributed by atoms with E-state index in [-0.39, 0.29) is 0 Å². The molecule has 14 heavy (non-hydrogen) atoms. The summed E-state index contributed by atoms with van der Waals surface area (Å²) < 4.78 is 40.3. The van der Waals surface area contributed by atoms with Gasteiger partial charge in [-0.15, -0.1) is 0 Å². The first-order valence-corrected chi connectivity index (χ1v) is 4.28. The molecule has 0 spiro atoms. The van der Waals surface area contributed by atoms with Gasteiger partial charge in [0.2, 0.25) is 0 Å². The van der Waals surface area contributed by atoms with Gasteiger partial charge < -0.3 is 4.74 Å². The first-order chi connectivity index (χ1) is 6.40. The number of rotatable bonds is 2. The summed E-state index contributed by atoms with van der Waals surface area (Å²) in [6, 6.07) is 0. The molecule has 0 saturated carbocycles. The molecule has 1 aliphatic heterocycles. The molecule has 0 N–H and O–H groups in total. The van der Waals surface area contributed by atoms with Crippen molar-refractivity contribution in [3.05, 3.63) is 11.3 Å². The lowest BCUT2D eigenvalue weighted by molar-refractivity contribution is -0.181. The van der Waals surface area contributed by atoms with Crippen molar-refractivity contribution in [2.45, 2.75) is 32.5 Å². The molecule has 0 aromatic rings. The summed E-state index contributed by atoms with van der Waals surface area (Å²) in [5.74, 6) is 0. The molecular weight excluding hydrogens is 195 g/mol. The Balaban J connectivity index is 2.52. The molecule has 0 aliphatic carbocycles. The predicted octanol–water partition coefficient (Wildman–Crippen LogP) is 2.70. The second-order valence-corrected chi connectivity index (χ2v) is 3.23. The maximum atomic E-state index is 11.9. The Morgan fingerprint density at radius 1 is 1.50 bits per heavy atom. The quantitative estimate of drug-likeness (QED) is 0.682.